The van der Waals surface area contributed by atoms with Crippen molar-refractivity contribution >= 4 is 21.6 Å². The van der Waals surface area contributed by atoms with Gasteiger partial charge in [0.15, 0.2) is 0 Å². The third-order valence-electron chi connectivity index (χ3n) is 3.32. The van der Waals surface area contributed by atoms with E-state index in [1.54, 1.807) is 12.7 Å². The average Bonchev–Trinajstić information content (AvgIpc) is 2.99. The second-order valence-corrected chi connectivity index (χ2v) is 5.44. The highest BCUT2D eigenvalue weighted by Crippen LogP contribution is 2.30. The lowest BCUT2D eigenvalue weighted by molar-refractivity contribution is 0.572. The fourth-order valence-corrected chi connectivity index (χ4v) is 2.85. The Morgan fingerprint density at radius 2 is 2.22 bits per heavy atom. The van der Waals surface area contributed by atoms with E-state index in [0.29, 0.717) is 0 Å². The summed E-state index contributed by atoms with van der Waals surface area (Å²) >= 11 is 3.53. The summed E-state index contributed by atoms with van der Waals surface area (Å²) in [5.41, 5.74) is 2.84. The predicted octanol–water partition coefficient (Wildman–Crippen LogP) is 2.49. The minimum Gasteiger partial charge on any atom is -0.371 e. The Balaban J connectivity index is 1.59. The van der Waals surface area contributed by atoms with E-state index in [2.05, 4.69) is 49.1 Å². The lowest BCUT2D eigenvalue weighted by atomic mass is 10.2. The van der Waals surface area contributed by atoms with E-state index in [1.807, 2.05) is 4.68 Å². The van der Waals surface area contributed by atoms with Gasteiger partial charge in [-0.05, 0) is 36.6 Å². The lowest BCUT2D eigenvalue weighted by Gasteiger charge is -2.19. The summed E-state index contributed by atoms with van der Waals surface area (Å²) in [4.78, 5) is 6.41. The summed E-state index contributed by atoms with van der Waals surface area (Å²) in [7, 11) is 0. The molecule has 0 saturated heterocycles. The second kappa shape index (κ2) is 5.10. The first-order valence-corrected chi connectivity index (χ1v) is 6.98. The molecule has 0 spiro atoms. The number of benzene rings is 1. The van der Waals surface area contributed by atoms with Gasteiger partial charge in [-0.1, -0.05) is 15.9 Å². The Kier molecular flexibility index (Phi) is 3.32. The molecule has 0 amide bonds. The second-order valence-electron chi connectivity index (χ2n) is 4.52. The first kappa shape index (κ1) is 11.7. The van der Waals surface area contributed by atoms with Crippen molar-refractivity contribution < 1.29 is 0 Å². The molecule has 94 valence electrons. The molecule has 2 heterocycles. The van der Waals surface area contributed by atoms with Crippen LogP contribution < -0.4 is 4.90 Å². The van der Waals surface area contributed by atoms with Gasteiger partial charge >= 0.3 is 0 Å². The van der Waals surface area contributed by atoms with Crippen molar-refractivity contribution in [3.8, 4) is 0 Å². The first-order valence-electron chi connectivity index (χ1n) is 6.19. The monoisotopic (exact) mass is 306 g/mol. The van der Waals surface area contributed by atoms with Crippen LogP contribution in [0.15, 0.2) is 35.3 Å². The van der Waals surface area contributed by atoms with E-state index in [1.165, 1.54) is 15.7 Å². The van der Waals surface area contributed by atoms with Crippen LogP contribution >= 0.6 is 15.9 Å². The number of rotatable bonds is 4. The van der Waals surface area contributed by atoms with Gasteiger partial charge in [-0.15, -0.1) is 0 Å². The molecule has 0 N–H and O–H groups in total. The molecule has 0 fully saturated rings. The third-order valence-corrected chi connectivity index (χ3v) is 3.81. The molecule has 2 aromatic rings. The van der Waals surface area contributed by atoms with Crippen molar-refractivity contribution in [2.75, 3.05) is 18.0 Å². The standard InChI is InChI=1S/C13H15BrN4/c14-12-2-3-13-11(8-12)4-7-17(13)5-1-6-18-10-15-9-16-18/h2-3,8-10H,1,4-7H2. The van der Waals surface area contributed by atoms with Crippen LogP contribution in [0.1, 0.15) is 12.0 Å². The fourth-order valence-electron chi connectivity index (χ4n) is 2.44. The van der Waals surface area contributed by atoms with Gasteiger partial charge in [0.05, 0.1) is 0 Å². The van der Waals surface area contributed by atoms with Gasteiger partial charge in [0.25, 0.3) is 0 Å². The molecule has 5 heteroatoms. The number of fused-ring (bicyclic) bond motifs is 1. The fraction of sp³-hybridized carbons (Fsp3) is 0.385. The van der Waals surface area contributed by atoms with Gasteiger partial charge in [0.1, 0.15) is 12.7 Å². The molecule has 1 aromatic heterocycles. The van der Waals surface area contributed by atoms with Crippen molar-refractivity contribution in [2.24, 2.45) is 0 Å². The maximum Gasteiger partial charge on any atom is 0.137 e. The SMILES string of the molecule is Brc1ccc2c(c1)CCN2CCCn1cncn1. The molecule has 0 bridgehead atoms. The zero-order chi connectivity index (χ0) is 12.4. The van der Waals surface area contributed by atoms with Crippen molar-refractivity contribution in [1.82, 2.24) is 14.8 Å². The molecule has 18 heavy (non-hydrogen) atoms. The van der Waals surface area contributed by atoms with Crippen LogP contribution in [0, 0.1) is 0 Å². The molecule has 1 aliphatic rings. The summed E-state index contributed by atoms with van der Waals surface area (Å²) in [6.45, 7) is 3.14. The number of halogens is 1. The van der Waals surface area contributed by atoms with Crippen molar-refractivity contribution in [3.63, 3.8) is 0 Å². The quantitative estimate of drug-likeness (QED) is 0.870. The average molecular weight is 307 g/mol. The third kappa shape index (κ3) is 2.41. The normalized spacial score (nSPS) is 13.9. The van der Waals surface area contributed by atoms with E-state index >= 15 is 0 Å². The molecule has 0 atom stereocenters. The van der Waals surface area contributed by atoms with Crippen LogP contribution in [0.5, 0.6) is 0 Å². The van der Waals surface area contributed by atoms with Gasteiger partial charge in [-0.3, -0.25) is 4.68 Å². The van der Waals surface area contributed by atoms with E-state index in [4.69, 9.17) is 0 Å². The Morgan fingerprint density at radius 1 is 1.28 bits per heavy atom. The molecule has 0 saturated carbocycles. The topological polar surface area (TPSA) is 34.0 Å². The Labute approximate surface area is 115 Å². The van der Waals surface area contributed by atoms with E-state index in [-0.39, 0.29) is 0 Å². The number of hydrogen-bond donors (Lipinski definition) is 0. The van der Waals surface area contributed by atoms with Crippen LogP contribution in [0.4, 0.5) is 5.69 Å². The van der Waals surface area contributed by atoms with Crippen LogP contribution in [0.2, 0.25) is 0 Å². The molecule has 0 aliphatic carbocycles. The van der Waals surface area contributed by atoms with Crippen LogP contribution in [0.25, 0.3) is 0 Å². The summed E-state index contributed by atoms with van der Waals surface area (Å²) in [5, 5.41) is 4.12. The summed E-state index contributed by atoms with van der Waals surface area (Å²) in [5.74, 6) is 0. The molecule has 4 nitrogen and oxygen atoms in total. The van der Waals surface area contributed by atoms with Gasteiger partial charge in [-0.2, -0.15) is 5.10 Å². The van der Waals surface area contributed by atoms with Gasteiger partial charge in [-0.25, -0.2) is 4.98 Å². The van der Waals surface area contributed by atoms with Crippen molar-refractivity contribution in [1.29, 1.82) is 0 Å². The van der Waals surface area contributed by atoms with E-state index < -0.39 is 0 Å². The maximum absolute atomic E-state index is 4.12. The molecule has 1 aromatic carbocycles. The Bertz CT molecular complexity index is 524. The summed E-state index contributed by atoms with van der Waals surface area (Å²) < 4.78 is 3.06. The largest absolute Gasteiger partial charge is 0.371 e. The predicted molar refractivity (Wildman–Crippen MR) is 74.7 cm³/mol. The Morgan fingerprint density at radius 3 is 3.06 bits per heavy atom. The molecule has 3 rings (SSSR count). The number of anilines is 1. The lowest BCUT2D eigenvalue weighted by Crippen LogP contribution is -2.22. The highest BCUT2D eigenvalue weighted by molar-refractivity contribution is 9.10. The molecule has 0 unspecified atom stereocenters. The minimum atomic E-state index is 0.933. The number of aromatic nitrogens is 3. The number of nitrogens with zero attached hydrogens (tertiary/aromatic N) is 4. The van der Waals surface area contributed by atoms with E-state index in [0.717, 1.165) is 32.5 Å². The Hall–Kier alpha value is -1.36. The number of aryl methyl sites for hydroxylation is 1. The molecular weight excluding hydrogens is 292 g/mol. The zero-order valence-electron chi connectivity index (χ0n) is 10.1. The highest BCUT2D eigenvalue weighted by atomic mass is 79.9. The summed E-state index contributed by atoms with van der Waals surface area (Å²) in [6, 6.07) is 6.56. The molecule has 1 aliphatic heterocycles. The van der Waals surface area contributed by atoms with Crippen LogP contribution in [0.3, 0.4) is 0 Å². The maximum atomic E-state index is 4.12. The van der Waals surface area contributed by atoms with Crippen LogP contribution in [-0.2, 0) is 13.0 Å². The zero-order valence-corrected chi connectivity index (χ0v) is 11.7. The smallest absolute Gasteiger partial charge is 0.137 e. The van der Waals surface area contributed by atoms with Crippen molar-refractivity contribution in [2.45, 2.75) is 19.4 Å². The molecular formula is C13H15BrN4. The van der Waals surface area contributed by atoms with Crippen LogP contribution in [-0.4, -0.2) is 27.9 Å². The van der Waals surface area contributed by atoms with Crippen molar-refractivity contribution in [3.05, 3.63) is 40.9 Å². The molecule has 0 radical (unpaired) electrons. The highest BCUT2D eigenvalue weighted by Gasteiger charge is 2.18. The summed E-state index contributed by atoms with van der Waals surface area (Å²) in [6.07, 6.45) is 5.61. The van der Waals surface area contributed by atoms with Gasteiger partial charge in [0.2, 0.25) is 0 Å². The first-order chi connectivity index (χ1) is 8.83. The van der Waals surface area contributed by atoms with Gasteiger partial charge < -0.3 is 4.90 Å². The minimum absolute atomic E-state index is 0.933. The van der Waals surface area contributed by atoms with Gasteiger partial charge in [0, 0.05) is 29.8 Å². The number of hydrogen-bond acceptors (Lipinski definition) is 3. The van der Waals surface area contributed by atoms with E-state index in [9.17, 15) is 0 Å².